The van der Waals surface area contributed by atoms with Gasteiger partial charge in [0.15, 0.2) is 0 Å². The molecule has 90 valence electrons. The smallest absolute Gasteiger partial charge is 0.146 e. The van der Waals surface area contributed by atoms with Crippen LogP contribution in [-0.2, 0) is 6.54 Å². The number of hydrogen-bond donors (Lipinski definition) is 1. The number of aromatic nitrogens is 1. The quantitative estimate of drug-likeness (QED) is 0.684. The van der Waals surface area contributed by atoms with E-state index in [1.165, 1.54) is 11.5 Å². The Kier molecular flexibility index (Phi) is 2.52. The molecule has 0 amide bonds. The topological polar surface area (TPSA) is 30.9 Å². The van der Waals surface area contributed by atoms with Gasteiger partial charge in [-0.15, -0.1) is 0 Å². The monoisotopic (exact) mass is 240 g/mol. The highest BCUT2D eigenvalue weighted by Gasteiger charge is 2.03. The van der Waals surface area contributed by atoms with Crippen LogP contribution in [0.1, 0.15) is 5.56 Å². The third-order valence-corrected chi connectivity index (χ3v) is 3.10. The number of rotatable bonds is 2. The SMILES string of the molecule is Nc1ccc(Cn2ccc3ccccc32)cc1F. The van der Waals surface area contributed by atoms with Crippen molar-refractivity contribution in [2.24, 2.45) is 0 Å². The van der Waals surface area contributed by atoms with Crippen LogP contribution < -0.4 is 5.73 Å². The second-order valence-electron chi connectivity index (χ2n) is 4.36. The van der Waals surface area contributed by atoms with E-state index in [4.69, 9.17) is 5.73 Å². The fourth-order valence-electron chi connectivity index (χ4n) is 2.14. The Hall–Kier alpha value is -2.29. The zero-order valence-electron chi connectivity index (χ0n) is 9.81. The molecule has 0 unspecified atom stereocenters. The van der Waals surface area contributed by atoms with Crippen LogP contribution in [0.5, 0.6) is 0 Å². The number of benzene rings is 2. The average molecular weight is 240 g/mol. The van der Waals surface area contributed by atoms with Crippen molar-refractivity contribution < 1.29 is 4.39 Å². The highest BCUT2D eigenvalue weighted by molar-refractivity contribution is 5.80. The lowest BCUT2D eigenvalue weighted by atomic mass is 10.2. The van der Waals surface area contributed by atoms with Gasteiger partial charge in [0.25, 0.3) is 0 Å². The third-order valence-electron chi connectivity index (χ3n) is 3.10. The lowest BCUT2D eigenvalue weighted by molar-refractivity contribution is 0.628. The molecule has 0 radical (unpaired) electrons. The normalized spacial score (nSPS) is 10.9. The molecule has 1 heterocycles. The number of nitrogens with two attached hydrogens (primary N) is 1. The van der Waals surface area contributed by atoms with E-state index in [0.717, 1.165) is 11.1 Å². The van der Waals surface area contributed by atoms with Gasteiger partial charge in [-0.2, -0.15) is 0 Å². The van der Waals surface area contributed by atoms with Gasteiger partial charge in [-0.25, -0.2) is 4.39 Å². The molecule has 3 heteroatoms. The van der Waals surface area contributed by atoms with Gasteiger partial charge >= 0.3 is 0 Å². The molecule has 0 aliphatic rings. The third kappa shape index (κ3) is 1.84. The van der Waals surface area contributed by atoms with E-state index in [-0.39, 0.29) is 11.5 Å². The van der Waals surface area contributed by atoms with Gasteiger partial charge < -0.3 is 10.3 Å². The number of nitrogens with zero attached hydrogens (tertiary/aromatic N) is 1. The molecule has 18 heavy (non-hydrogen) atoms. The predicted molar refractivity (Wildman–Crippen MR) is 71.9 cm³/mol. The first-order valence-corrected chi connectivity index (χ1v) is 5.82. The summed E-state index contributed by atoms with van der Waals surface area (Å²) < 4.78 is 15.5. The van der Waals surface area contributed by atoms with Crippen LogP contribution in [0.2, 0.25) is 0 Å². The van der Waals surface area contributed by atoms with Crippen LogP contribution >= 0.6 is 0 Å². The number of halogens is 1. The standard InChI is InChI=1S/C15H13FN2/c16-13-9-11(5-6-14(13)17)10-18-8-7-12-3-1-2-4-15(12)18/h1-9H,10,17H2. The van der Waals surface area contributed by atoms with Crippen molar-refractivity contribution in [3.8, 4) is 0 Å². The van der Waals surface area contributed by atoms with Crippen LogP contribution in [0.25, 0.3) is 10.9 Å². The van der Waals surface area contributed by atoms with E-state index in [2.05, 4.69) is 22.8 Å². The maximum atomic E-state index is 13.4. The minimum Gasteiger partial charge on any atom is -0.396 e. The van der Waals surface area contributed by atoms with E-state index in [1.807, 2.05) is 24.4 Å². The van der Waals surface area contributed by atoms with Crippen molar-refractivity contribution in [2.75, 3.05) is 5.73 Å². The molecule has 1 aromatic heterocycles. The lowest BCUT2D eigenvalue weighted by Crippen LogP contribution is -1.99. The molecule has 0 aliphatic carbocycles. The van der Waals surface area contributed by atoms with Gasteiger partial charge in [-0.3, -0.25) is 0 Å². The highest BCUT2D eigenvalue weighted by Crippen LogP contribution is 2.18. The summed E-state index contributed by atoms with van der Waals surface area (Å²) in [5.74, 6) is -0.357. The molecule has 2 aromatic carbocycles. The summed E-state index contributed by atoms with van der Waals surface area (Å²) in [6.07, 6.45) is 2.01. The summed E-state index contributed by atoms with van der Waals surface area (Å²) in [5, 5.41) is 1.19. The zero-order chi connectivity index (χ0) is 12.5. The first-order valence-electron chi connectivity index (χ1n) is 5.82. The van der Waals surface area contributed by atoms with Crippen LogP contribution in [-0.4, -0.2) is 4.57 Å². The van der Waals surface area contributed by atoms with Crippen LogP contribution in [0.3, 0.4) is 0 Å². The predicted octanol–water partition coefficient (Wildman–Crippen LogP) is 3.41. The molecular formula is C15H13FN2. The summed E-state index contributed by atoms with van der Waals surface area (Å²) >= 11 is 0. The van der Waals surface area contributed by atoms with E-state index in [9.17, 15) is 4.39 Å². The van der Waals surface area contributed by atoms with Crippen molar-refractivity contribution in [1.29, 1.82) is 0 Å². The van der Waals surface area contributed by atoms with Gasteiger partial charge in [0.1, 0.15) is 5.82 Å². The largest absolute Gasteiger partial charge is 0.396 e. The number of para-hydroxylation sites is 1. The molecule has 0 atom stereocenters. The van der Waals surface area contributed by atoms with Crippen molar-refractivity contribution in [3.63, 3.8) is 0 Å². The molecule has 2 nitrogen and oxygen atoms in total. The van der Waals surface area contributed by atoms with Gasteiger partial charge in [0, 0.05) is 18.3 Å². The van der Waals surface area contributed by atoms with Crippen LogP contribution in [0, 0.1) is 5.82 Å². The Morgan fingerprint density at radius 2 is 1.89 bits per heavy atom. The van der Waals surface area contributed by atoms with Crippen molar-refractivity contribution >= 4 is 16.6 Å². The fraction of sp³-hybridized carbons (Fsp3) is 0.0667. The minimum atomic E-state index is -0.357. The molecule has 0 saturated heterocycles. The van der Waals surface area contributed by atoms with Crippen molar-refractivity contribution in [3.05, 3.63) is 66.1 Å². The Balaban J connectivity index is 1.98. The first kappa shape index (κ1) is 10.8. The second-order valence-corrected chi connectivity index (χ2v) is 4.36. The molecule has 0 spiro atoms. The number of fused-ring (bicyclic) bond motifs is 1. The van der Waals surface area contributed by atoms with Gasteiger partial charge in [-0.1, -0.05) is 24.3 Å². The van der Waals surface area contributed by atoms with Gasteiger partial charge in [-0.05, 0) is 35.2 Å². The molecule has 0 bridgehead atoms. The zero-order valence-corrected chi connectivity index (χ0v) is 9.81. The second kappa shape index (κ2) is 4.18. The Morgan fingerprint density at radius 3 is 2.72 bits per heavy atom. The van der Waals surface area contributed by atoms with Crippen molar-refractivity contribution in [1.82, 2.24) is 4.57 Å². The Morgan fingerprint density at radius 1 is 1.06 bits per heavy atom. The van der Waals surface area contributed by atoms with Gasteiger partial charge in [0.05, 0.1) is 5.69 Å². The van der Waals surface area contributed by atoms with E-state index < -0.39 is 0 Å². The molecule has 3 aromatic rings. The summed E-state index contributed by atoms with van der Waals surface area (Å²) in [6, 6.07) is 15.1. The van der Waals surface area contributed by atoms with Crippen LogP contribution in [0.4, 0.5) is 10.1 Å². The Bertz CT molecular complexity index is 701. The highest BCUT2D eigenvalue weighted by atomic mass is 19.1. The summed E-state index contributed by atoms with van der Waals surface area (Å²) in [7, 11) is 0. The van der Waals surface area contributed by atoms with Gasteiger partial charge in [0.2, 0.25) is 0 Å². The maximum Gasteiger partial charge on any atom is 0.146 e. The van der Waals surface area contributed by atoms with E-state index >= 15 is 0 Å². The maximum absolute atomic E-state index is 13.4. The first-order chi connectivity index (χ1) is 8.74. The molecule has 0 fully saturated rings. The minimum absolute atomic E-state index is 0.191. The van der Waals surface area contributed by atoms with E-state index in [1.54, 1.807) is 6.07 Å². The fourth-order valence-corrected chi connectivity index (χ4v) is 2.14. The van der Waals surface area contributed by atoms with Crippen LogP contribution in [0.15, 0.2) is 54.7 Å². The number of anilines is 1. The summed E-state index contributed by atoms with van der Waals surface area (Å²) in [6.45, 7) is 0.644. The van der Waals surface area contributed by atoms with E-state index in [0.29, 0.717) is 6.54 Å². The molecule has 2 N–H and O–H groups in total. The number of nitrogen functional groups attached to an aromatic ring is 1. The lowest BCUT2D eigenvalue weighted by Gasteiger charge is -2.06. The van der Waals surface area contributed by atoms with Crippen molar-refractivity contribution in [2.45, 2.75) is 6.54 Å². The summed E-state index contributed by atoms with van der Waals surface area (Å²) in [4.78, 5) is 0. The molecular weight excluding hydrogens is 227 g/mol. The Labute approximate surface area is 104 Å². The summed E-state index contributed by atoms with van der Waals surface area (Å²) in [5.41, 5.74) is 7.72. The molecule has 0 saturated carbocycles. The molecule has 3 rings (SSSR count). The average Bonchev–Trinajstić information content (AvgIpc) is 2.78. The number of hydrogen-bond acceptors (Lipinski definition) is 1. The molecule has 0 aliphatic heterocycles.